The van der Waals surface area contributed by atoms with Crippen LogP contribution in [0.2, 0.25) is 25.7 Å². The maximum atomic E-state index is 13.0. The molecule has 1 atom stereocenters. The van der Waals surface area contributed by atoms with Crippen LogP contribution >= 0.6 is 0 Å². The Balaban J connectivity index is 2.71. The zero-order chi connectivity index (χ0) is 15.3. The molecule has 1 aromatic heterocycles. The van der Waals surface area contributed by atoms with Gasteiger partial charge in [-0.1, -0.05) is 19.6 Å². The Morgan fingerprint density at radius 1 is 1.45 bits per heavy atom. The van der Waals surface area contributed by atoms with Crippen LogP contribution in [0, 0.1) is 0 Å². The van der Waals surface area contributed by atoms with Crippen LogP contribution in [0.1, 0.15) is 22.3 Å². The summed E-state index contributed by atoms with van der Waals surface area (Å²) < 4.78 is 35.8. The van der Waals surface area contributed by atoms with Crippen molar-refractivity contribution >= 4 is 14.0 Å². The molecule has 0 spiro atoms. The molecule has 0 aromatic carbocycles. The summed E-state index contributed by atoms with van der Waals surface area (Å²) in [4.78, 5) is 11.2. The first-order valence-electron chi connectivity index (χ1n) is 6.28. The van der Waals surface area contributed by atoms with Crippen molar-refractivity contribution < 1.29 is 23.0 Å². The molecule has 114 valence electrons. The number of aromatic amines is 1. The van der Waals surface area contributed by atoms with Crippen molar-refractivity contribution in [3.05, 3.63) is 17.5 Å². The Morgan fingerprint density at radius 2 is 2.10 bits per heavy atom. The molecule has 1 heterocycles. The maximum absolute atomic E-state index is 13.0. The van der Waals surface area contributed by atoms with E-state index in [9.17, 15) is 13.6 Å². The lowest BCUT2D eigenvalue weighted by Crippen LogP contribution is -2.24. The zero-order valence-corrected chi connectivity index (χ0v) is 13.1. The predicted octanol–water partition coefficient (Wildman–Crippen LogP) is 2.86. The van der Waals surface area contributed by atoms with E-state index in [-0.39, 0.29) is 18.0 Å². The van der Waals surface area contributed by atoms with Gasteiger partial charge in [0.1, 0.15) is 0 Å². The summed E-state index contributed by atoms with van der Waals surface area (Å²) in [6.07, 6.45) is -4.10. The second kappa shape index (κ2) is 6.94. The zero-order valence-electron chi connectivity index (χ0n) is 12.1. The third kappa shape index (κ3) is 5.01. The molecule has 0 bridgehead atoms. The van der Waals surface area contributed by atoms with Gasteiger partial charge in [-0.3, -0.25) is 5.10 Å². The molecule has 0 aliphatic rings. The highest BCUT2D eigenvalue weighted by molar-refractivity contribution is 6.76. The second-order valence-corrected chi connectivity index (χ2v) is 11.3. The van der Waals surface area contributed by atoms with Crippen LogP contribution < -0.4 is 0 Å². The summed E-state index contributed by atoms with van der Waals surface area (Å²) >= 11 is 0. The number of alkyl halides is 2. The highest BCUT2D eigenvalue weighted by Gasteiger charge is 2.27. The number of nitrogens with zero attached hydrogens (tertiary/aromatic N) is 1. The van der Waals surface area contributed by atoms with Crippen LogP contribution in [0.15, 0.2) is 6.07 Å². The molecule has 0 aliphatic heterocycles. The number of hydrogen-bond donors (Lipinski definition) is 1. The molecular formula is C12H20F2N2O3Si. The van der Waals surface area contributed by atoms with Gasteiger partial charge in [-0.2, -0.15) is 5.10 Å². The fourth-order valence-electron chi connectivity index (χ4n) is 1.48. The summed E-state index contributed by atoms with van der Waals surface area (Å²) in [6, 6.07) is 2.02. The Labute approximate surface area is 117 Å². The number of rotatable bonds is 7. The largest absolute Gasteiger partial charge is 0.464 e. The fourth-order valence-corrected chi connectivity index (χ4v) is 2.21. The molecule has 1 aromatic rings. The van der Waals surface area contributed by atoms with Gasteiger partial charge in [-0.15, -0.1) is 0 Å². The van der Waals surface area contributed by atoms with E-state index < -0.39 is 26.6 Å². The molecule has 0 saturated carbocycles. The highest BCUT2D eigenvalue weighted by Crippen LogP contribution is 2.25. The molecule has 0 amide bonds. The molecule has 20 heavy (non-hydrogen) atoms. The SMILES string of the molecule is COC(=O)c1cc(C(OCC[Si](C)(C)C)C(F)F)[nH]n1. The number of aromatic nitrogens is 2. The predicted molar refractivity (Wildman–Crippen MR) is 72.8 cm³/mol. The van der Waals surface area contributed by atoms with Gasteiger partial charge in [-0.25, -0.2) is 13.6 Å². The van der Waals surface area contributed by atoms with Crippen LogP contribution in [-0.2, 0) is 9.47 Å². The summed E-state index contributed by atoms with van der Waals surface area (Å²) in [6.45, 7) is 6.68. The lowest BCUT2D eigenvalue weighted by molar-refractivity contribution is -0.0558. The smallest absolute Gasteiger partial charge is 0.358 e. The molecule has 0 aliphatic carbocycles. The number of halogens is 2. The van der Waals surface area contributed by atoms with Gasteiger partial charge in [0.25, 0.3) is 6.43 Å². The van der Waals surface area contributed by atoms with Crippen molar-refractivity contribution in [1.82, 2.24) is 10.2 Å². The second-order valence-electron chi connectivity index (χ2n) is 5.64. The summed E-state index contributed by atoms with van der Waals surface area (Å²) in [5.41, 5.74) is 0.0397. The van der Waals surface area contributed by atoms with Gasteiger partial charge in [0, 0.05) is 14.7 Å². The Hall–Kier alpha value is -1.28. The van der Waals surface area contributed by atoms with Gasteiger partial charge in [0.05, 0.1) is 12.8 Å². The molecule has 1 unspecified atom stereocenters. The average Bonchev–Trinajstić information content (AvgIpc) is 2.81. The summed E-state index contributed by atoms with van der Waals surface area (Å²) in [5.74, 6) is -0.678. The Bertz CT molecular complexity index is 446. The van der Waals surface area contributed by atoms with Gasteiger partial charge >= 0.3 is 5.97 Å². The van der Waals surface area contributed by atoms with E-state index in [1.165, 1.54) is 13.2 Å². The lowest BCUT2D eigenvalue weighted by atomic mass is 10.2. The Morgan fingerprint density at radius 3 is 2.60 bits per heavy atom. The Kier molecular flexibility index (Phi) is 5.82. The molecule has 0 fully saturated rings. The first kappa shape index (κ1) is 16.8. The van der Waals surface area contributed by atoms with Crippen molar-refractivity contribution in [2.45, 2.75) is 38.2 Å². The van der Waals surface area contributed by atoms with Crippen molar-refractivity contribution in [3.63, 3.8) is 0 Å². The minimum absolute atomic E-state index is 0.0399. The normalized spacial score (nSPS) is 13.6. The van der Waals surface area contributed by atoms with Gasteiger partial charge in [-0.05, 0) is 12.1 Å². The first-order chi connectivity index (χ1) is 9.24. The van der Waals surface area contributed by atoms with Crippen molar-refractivity contribution in [3.8, 4) is 0 Å². The molecule has 1 rings (SSSR count). The minimum atomic E-state index is -2.69. The number of ether oxygens (including phenoxy) is 2. The quantitative estimate of drug-likeness (QED) is 0.621. The number of hydrogen-bond acceptors (Lipinski definition) is 4. The molecule has 1 N–H and O–H groups in total. The van der Waals surface area contributed by atoms with Gasteiger partial charge in [0.2, 0.25) is 0 Å². The van der Waals surface area contributed by atoms with E-state index in [2.05, 4.69) is 34.6 Å². The maximum Gasteiger partial charge on any atom is 0.358 e. The number of nitrogens with one attached hydrogen (secondary N) is 1. The number of carbonyl (C=O) groups is 1. The van der Waals surface area contributed by atoms with E-state index in [1.807, 2.05) is 0 Å². The van der Waals surface area contributed by atoms with E-state index in [0.29, 0.717) is 0 Å². The highest BCUT2D eigenvalue weighted by atomic mass is 28.3. The van der Waals surface area contributed by atoms with Gasteiger partial charge in [0.15, 0.2) is 11.8 Å². The molecule has 8 heteroatoms. The standard InChI is InChI=1S/C12H20F2N2O3Si/c1-18-12(17)9-7-8(15-16-9)10(11(13)14)19-5-6-20(2,3)4/h7,10-11H,5-6H2,1-4H3,(H,15,16). The van der Waals surface area contributed by atoms with Crippen LogP contribution in [0.5, 0.6) is 0 Å². The number of carbonyl (C=O) groups excluding carboxylic acids is 1. The third-order valence-electron chi connectivity index (χ3n) is 2.68. The van der Waals surface area contributed by atoms with Crippen LogP contribution in [0.4, 0.5) is 8.78 Å². The van der Waals surface area contributed by atoms with Crippen molar-refractivity contribution in [1.29, 1.82) is 0 Å². The summed E-state index contributed by atoms with van der Waals surface area (Å²) in [5, 5.41) is 6.05. The average molecular weight is 306 g/mol. The summed E-state index contributed by atoms with van der Waals surface area (Å²) in [7, 11) is -0.148. The third-order valence-corrected chi connectivity index (χ3v) is 4.38. The van der Waals surface area contributed by atoms with Crippen molar-refractivity contribution in [2.24, 2.45) is 0 Å². The minimum Gasteiger partial charge on any atom is -0.464 e. The van der Waals surface area contributed by atoms with Crippen LogP contribution in [0.25, 0.3) is 0 Å². The van der Waals surface area contributed by atoms with E-state index in [0.717, 1.165) is 6.04 Å². The molecule has 0 radical (unpaired) electrons. The topological polar surface area (TPSA) is 64.2 Å². The van der Waals surface area contributed by atoms with E-state index in [1.54, 1.807) is 0 Å². The fraction of sp³-hybridized carbons (Fsp3) is 0.667. The lowest BCUT2D eigenvalue weighted by Gasteiger charge is -2.19. The van der Waals surface area contributed by atoms with E-state index >= 15 is 0 Å². The van der Waals surface area contributed by atoms with Gasteiger partial charge < -0.3 is 9.47 Å². The number of H-pyrrole nitrogens is 1. The van der Waals surface area contributed by atoms with Crippen LogP contribution in [-0.4, -0.2) is 44.4 Å². The molecule has 0 saturated heterocycles. The van der Waals surface area contributed by atoms with Crippen LogP contribution in [0.3, 0.4) is 0 Å². The number of methoxy groups -OCH3 is 1. The molecule has 5 nitrogen and oxygen atoms in total. The number of esters is 1. The first-order valence-corrected chi connectivity index (χ1v) is 9.98. The molecular weight excluding hydrogens is 286 g/mol. The van der Waals surface area contributed by atoms with E-state index in [4.69, 9.17) is 4.74 Å². The van der Waals surface area contributed by atoms with Crippen molar-refractivity contribution in [2.75, 3.05) is 13.7 Å². The monoisotopic (exact) mass is 306 g/mol.